The van der Waals surface area contributed by atoms with Gasteiger partial charge in [-0.15, -0.1) is 0 Å². The summed E-state index contributed by atoms with van der Waals surface area (Å²) < 4.78 is 35.1. The number of carbonyl (C=O) groups is 1. The van der Waals surface area contributed by atoms with Crippen molar-refractivity contribution in [2.45, 2.75) is 31.3 Å². The first-order valence-corrected chi connectivity index (χ1v) is 10.6. The Bertz CT molecular complexity index is 982. The maximum atomic E-state index is 13.3. The van der Waals surface area contributed by atoms with E-state index in [1.807, 2.05) is 32.0 Å². The van der Waals surface area contributed by atoms with E-state index in [1.54, 1.807) is 18.1 Å². The molecule has 0 fully saturated rings. The van der Waals surface area contributed by atoms with Crippen LogP contribution in [0.5, 0.6) is 11.5 Å². The van der Waals surface area contributed by atoms with E-state index in [4.69, 9.17) is 9.47 Å². The van der Waals surface area contributed by atoms with Crippen LogP contribution in [0.1, 0.15) is 29.8 Å². The molecule has 0 unspecified atom stereocenters. The molecule has 0 atom stereocenters. The molecule has 27 heavy (non-hydrogen) atoms. The summed E-state index contributed by atoms with van der Waals surface area (Å²) in [6.07, 6.45) is 1.65. The number of ether oxygens (including phenoxy) is 2. The monoisotopic (exact) mass is 389 g/mol. The lowest BCUT2D eigenvalue weighted by Crippen LogP contribution is -2.29. The number of rotatable bonds is 5. The molecule has 144 valence electrons. The molecule has 0 radical (unpaired) electrons. The summed E-state index contributed by atoms with van der Waals surface area (Å²) in [6, 6.07) is 9.97. The minimum absolute atomic E-state index is 0.0898. The van der Waals surface area contributed by atoms with Gasteiger partial charge in [-0.2, -0.15) is 0 Å². The van der Waals surface area contributed by atoms with Gasteiger partial charge in [0, 0.05) is 18.4 Å². The molecule has 0 saturated carbocycles. The molecule has 0 spiro atoms. The van der Waals surface area contributed by atoms with E-state index < -0.39 is 9.84 Å². The van der Waals surface area contributed by atoms with Crippen LogP contribution in [0.15, 0.2) is 41.3 Å². The number of methoxy groups -OCH3 is 1. The summed E-state index contributed by atoms with van der Waals surface area (Å²) in [5.41, 5.74) is 1.99. The Kier molecular flexibility index (Phi) is 5.15. The van der Waals surface area contributed by atoms with Crippen LogP contribution < -0.4 is 14.4 Å². The van der Waals surface area contributed by atoms with Crippen LogP contribution in [0.25, 0.3) is 0 Å². The van der Waals surface area contributed by atoms with Gasteiger partial charge >= 0.3 is 0 Å². The summed E-state index contributed by atoms with van der Waals surface area (Å²) in [6.45, 7) is 4.21. The van der Waals surface area contributed by atoms with Crippen molar-refractivity contribution >= 4 is 21.4 Å². The fourth-order valence-corrected chi connectivity index (χ4v) is 3.86. The second-order valence-corrected chi connectivity index (χ2v) is 8.78. The Morgan fingerprint density at radius 3 is 2.52 bits per heavy atom. The first-order valence-electron chi connectivity index (χ1n) is 8.71. The van der Waals surface area contributed by atoms with Gasteiger partial charge in [0.15, 0.2) is 9.84 Å². The molecule has 0 bridgehead atoms. The largest absolute Gasteiger partial charge is 0.496 e. The normalized spacial score (nSPS) is 13.6. The smallest absolute Gasteiger partial charge is 0.262 e. The van der Waals surface area contributed by atoms with Gasteiger partial charge < -0.3 is 14.4 Å². The van der Waals surface area contributed by atoms with Gasteiger partial charge in [0.1, 0.15) is 11.5 Å². The third-order valence-electron chi connectivity index (χ3n) is 4.42. The van der Waals surface area contributed by atoms with Gasteiger partial charge in [-0.05, 0) is 50.6 Å². The van der Waals surface area contributed by atoms with Gasteiger partial charge in [0.05, 0.1) is 29.4 Å². The lowest BCUT2D eigenvalue weighted by molar-refractivity contribution is 0.0983. The summed E-state index contributed by atoms with van der Waals surface area (Å²) in [7, 11) is -1.84. The quantitative estimate of drug-likeness (QED) is 0.786. The second kappa shape index (κ2) is 7.23. The molecule has 6 nitrogen and oxygen atoms in total. The van der Waals surface area contributed by atoms with Crippen LogP contribution in [-0.4, -0.2) is 40.3 Å². The molecular formula is C20H23NO5S. The van der Waals surface area contributed by atoms with Crippen molar-refractivity contribution in [1.82, 2.24) is 0 Å². The molecule has 2 aromatic carbocycles. The van der Waals surface area contributed by atoms with Crippen molar-refractivity contribution in [3.8, 4) is 11.5 Å². The molecule has 0 saturated heterocycles. The Hall–Kier alpha value is -2.54. The minimum atomic E-state index is -3.45. The number of benzene rings is 2. The van der Waals surface area contributed by atoms with Crippen LogP contribution >= 0.6 is 0 Å². The standard InChI is InChI=1S/C20H23NO5S/c1-13(2)26-19-9-8-14(27(4,23)24)12-16(19)20(22)21-11-10-15-17(21)6-5-7-18(15)25-3/h5-9,12-13H,10-11H2,1-4H3. The molecular weight excluding hydrogens is 366 g/mol. The highest BCUT2D eigenvalue weighted by Gasteiger charge is 2.30. The van der Waals surface area contributed by atoms with Gasteiger partial charge in [-0.1, -0.05) is 6.07 Å². The molecule has 1 amide bonds. The highest BCUT2D eigenvalue weighted by Crippen LogP contribution is 2.37. The number of amides is 1. The number of hydrogen-bond donors (Lipinski definition) is 0. The van der Waals surface area contributed by atoms with E-state index in [0.29, 0.717) is 18.7 Å². The van der Waals surface area contributed by atoms with E-state index in [2.05, 4.69) is 0 Å². The van der Waals surface area contributed by atoms with Gasteiger partial charge in [0.25, 0.3) is 5.91 Å². The predicted octanol–water partition coefficient (Wildman–Crippen LogP) is 3.09. The van der Waals surface area contributed by atoms with Crippen LogP contribution in [0.2, 0.25) is 0 Å². The lowest BCUT2D eigenvalue weighted by atomic mass is 10.1. The topological polar surface area (TPSA) is 72.9 Å². The van der Waals surface area contributed by atoms with Crippen molar-refractivity contribution in [3.05, 3.63) is 47.5 Å². The average Bonchev–Trinajstić information content (AvgIpc) is 3.04. The van der Waals surface area contributed by atoms with Crippen molar-refractivity contribution in [2.75, 3.05) is 24.8 Å². The molecule has 7 heteroatoms. The first kappa shape index (κ1) is 19.2. The Labute approximate surface area is 159 Å². The summed E-state index contributed by atoms with van der Waals surface area (Å²) in [5, 5.41) is 0. The number of nitrogens with zero attached hydrogens (tertiary/aromatic N) is 1. The zero-order valence-electron chi connectivity index (χ0n) is 15.9. The highest BCUT2D eigenvalue weighted by atomic mass is 32.2. The molecule has 2 aromatic rings. The molecule has 1 heterocycles. The zero-order chi connectivity index (χ0) is 19.8. The van der Waals surface area contributed by atoms with E-state index in [0.717, 1.165) is 23.3 Å². The summed E-state index contributed by atoms with van der Waals surface area (Å²) in [4.78, 5) is 15.0. The number of fused-ring (bicyclic) bond motifs is 1. The molecule has 1 aliphatic rings. The molecule has 0 N–H and O–H groups in total. The first-order chi connectivity index (χ1) is 12.7. The second-order valence-electron chi connectivity index (χ2n) is 6.76. The van der Waals surface area contributed by atoms with E-state index >= 15 is 0 Å². The molecule has 0 aliphatic carbocycles. The number of hydrogen-bond acceptors (Lipinski definition) is 5. The summed E-state index contributed by atoms with van der Waals surface area (Å²) in [5.74, 6) is 0.827. The van der Waals surface area contributed by atoms with Crippen LogP contribution in [-0.2, 0) is 16.3 Å². The maximum absolute atomic E-state index is 13.3. The number of carbonyl (C=O) groups excluding carboxylic acids is 1. The lowest BCUT2D eigenvalue weighted by Gasteiger charge is -2.21. The van der Waals surface area contributed by atoms with Gasteiger partial charge in [0.2, 0.25) is 0 Å². The zero-order valence-corrected chi connectivity index (χ0v) is 16.7. The van der Waals surface area contributed by atoms with E-state index in [9.17, 15) is 13.2 Å². The van der Waals surface area contributed by atoms with Crippen molar-refractivity contribution in [3.63, 3.8) is 0 Å². The van der Waals surface area contributed by atoms with Crippen molar-refractivity contribution in [1.29, 1.82) is 0 Å². The third-order valence-corrected chi connectivity index (χ3v) is 5.53. The van der Waals surface area contributed by atoms with Gasteiger partial charge in [-0.3, -0.25) is 4.79 Å². The fraction of sp³-hybridized carbons (Fsp3) is 0.350. The number of anilines is 1. The van der Waals surface area contributed by atoms with E-state index in [1.165, 1.54) is 12.1 Å². The predicted molar refractivity (Wildman–Crippen MR) is 104 cm³/mol. The van der Waals surface area contributed by atoms with Crippen LogP contribution in [0.4, 0.5) is 5.69 Å². The fourth-order valence-electron chi connectivity index (χ4n) is 3.21. The maximum Gasteiger partial charge on any atom is 0.262 e. The van der Waals surface area contributed by atoms with Gasteiger partial charge in [-0.25, -0.2) is 8.42 Å². The minimum Gasteiger partial charge on any atom is -0.496 e. The Morgan fingerprint density at radius 2 is 1.89 bits per heavy atom. The average molecular weight is 389 g/mol. The van der Waals surface area contributed by atoms with Crippen LogP contribution in [0, 0.1) is 0 Å². The van der Waals surface area contributed by atoms with Crippen molar-refractivity contribution < 1.29 is 22.7 Å². The van der Waals surface area contributed by atoms with Crippen LogP contribution in [0.3, 0.4) is 0 Å². The highest BCUT2D eigenvalue weighted by molar-refractivity contribution is 7.90. The molecule has 0 aromatic heterocycles. The summed E-state index contributed by atoms with van der Waals surface area (Å²) >= 11 is 0. The Balaban J connectivity index is 2.07. The van der Waals surface area contributed by atoms with E-state index in [-0.39, 0.29) is 22.5 Å². The Morgan fingerprint density at radius 1 is 1.15 bits per heavy atom. The molecule has 3 rings (SSSR count). The van der Waals surface area contributed by atoms with Crippen molar-refractivity contribution in [2.24, 2.45) is 0 Å². The third kappa shape index (κ3) is 3.78. The number of sulfone groups is 1. The molecule has 1 aliphatic heterocycles. The SMILES string of the molecule is COc1cccc2c1CCN2C(=O)c1cc(S(C)(=O)=O)ccc1OC(C)C.